The predicted octanol–water partition coefficient (Wildman–Crippen LogP) is 3.63. The van der Waals surface area contributed by atoms with Crippen molar-refractivity contribution in [1.82, 2.24) is 9.55 Å². The molecular weight excluding hydrogens is 248 g/mol. The van der Waals surface area contributed by atoms with E-state index in [4.69, 9.17) is 4.74 Å². The van der Waals surface area contributed by atoms with Gasteiger partial charge in [0.25, 0.3) is 0 Å². The predicted molar refractivity (Wildman–Crippen MR) is 79.6 cm³/mol. The second-order valence-electron chi connectivity index (χ2n) is 4.54. The summed E-state index contributed by atoms with van der Waals surface area (Å²) >= 11 is 0. The minimum absolute atomic E-state index is 0.640. The summed E-state index contributed by atoms with van der Waals surface area (Å²) in [4.78, 5) is 4.00. The van der Waals surface area contributed by atoms with Gasteiger partial charge in [0, 0.05) is 12.4 Å². The quantitative estimate of drug-likeness (QED) is 0.703. The molecule has 0 spiro atoms. The van der Waals surface area contributed by atoms with Gasteiger partial charge in [-0.3, -0.25) is 0 Å². The van der Waals surface area contributed by atoms with E-state index in [0.29, 0.717) is 6.61 Å². The molecule has 0 aliphatic heterocycles. The van der Waals surface area contributed by atoms with Gasteiger partial charge in [-0.25, -0.2) is 4.98 Å². The molecule has 0 saturated carbocycles. The van der Waals surface area contributed by atoms with Crippen molar-refractivity contribution in [3.8, 4) is 16.9 Å². The average Bonchev–Trinajstić information content (AvgIpc) is 3.02. The van der Waals surface area contributed by atoms with E-state index >= 15 is 0 Å². The number of rotatable bonds is 5. The zero-order chi connectivity index (χ0) is 13.6. The van der Waals surface area contributed by atoms with Crippen LogP contribution in [-0.4, -0.2) is 16.2 Å². The Morgan fingerprint density at radius 3 is 2.35 bits per heavy atom. The number of benzene rings is 2. The summed E-state index contributed by atoms with van der Waals surface area (Å²) in [5.74, 6) is 0.893. The van der Waals surface area contributed by atoms with Crippen molar-refractivity contribution in [3.63, 3.8) is 0 Å². The lowest BCUT2D eigenvalue weighted by atomic mass is 10.1. The van der Waals surface area contributed by atoms with Gasteiger partial charge < -0.3 is 9.30 Å². The van der Waals surface area contributed by atoms with Crippen LogP contribution in [0.1, 0.15) is 0 Å². The third-order valence-corrected chi connectivity index (χ3v) is 3.14. The van der Waals surface area contributed by atoms with Crippen LogP contribution in [0.25, 0.3) is 11.1 Å². The van der Waals surface area contributed by atoms with Crippen LogP contribution in [-0.2, 0) is 6.54 Å². The van der Waals surface area contributed by atoms with Crippen LogP contribution in [0.5, 0.6) is 5.75 Å². The van der Waals surface area contributed by atoms with Crippen LogP contribution in [0.2, 0.25) is 0 Å². The molecule has 1 aromatic heterocycles. The van der Waals surface area contributed by atoms with Gasteiger partial charge in [0.05, 0.1) is 12.9 Å². The molecule has 0 bridgehead atoms. The Hall–Kier alpha value is -2.55. The SMILES string of the molecule is c1ccc(-c2ccc(OCCn3ccnc3)cc2)cc1. The number of hydrogen-bond acceptors (Lipinski definition) is 2. The maximum Gasteiger partial charge on any atom is 0.119 e. The third-order valence-electron chi connectivity index (χ3n) is 3.14. The number of ether oxygens (including phenoxy) is 1. The van der Waals surface area contributed by atoms with Gasteiger partial charge >= 0.3 is 0 Å². The third kappa shape index (κ3) is 3.06. The number of nitrogens with zero attached hydrogens (tertiary/aromatic N) is 2. The van der Waals surface area contributed by atoms with Gasteiger partial charge in [-0.15, -0.1) is 0 Å². The summed E-state index contributed by atoms with van der Waals surface area (Å²) in [5, 5.41) is 0. The van der Waals surface area contributed by atoms with Crippen LogP contribution in [0, 0.1) is 0 Å². The number of aromatic nitrogens is 2. The van der Waals surface area contributed by atoms with Crippen molar-refractivity contribution in [1.29, 1.82) is 0 Å². The number of imidazole rings is 1. The minimum Gasteiger partial charge on any atom is -0.492 e. The van der Waals surface area contributed by atoms with Crippen LogP contribution in [0.4, 0.5) is 0 Å². The zero-order valence-electron chi connectivity index (χ0n) is 11.1. The van der Waals surface area contributed by atoms with E-state index in [0.717, 1.165) is 12.3 Å². The lowest BCUT2D eigenvalue weighted by molar-refractivity contribution is 0.298. The van der Waals surface area contributed by atoms with Gasteiger partial charge in [-0.2, -0.15) is 0 Å². The Kier molecular flexibility index (Phi) is 3.78. The highest BCUT2D eigenvalue weighted by Crippen LogP contribution is 2.21. The van der Waals surface area contributed by atoms with Crippen LogP contribution in [0.15, 0.2) is 73.3 Å². The molecule has 20 heavy (non-hydrogen) atoms. The Morgan fingerprint density at radius 2 is 1.65 bits per heavy atom. The monoisotopic (exact) mass is 264 g/mol. The molecule has 0 N–H and O–H groups in total. The second kappa shape index (κ2) is 6.06. The fourth-order valence-electron chi connectivity index (χ4n) is 2.06. The summed E-state index contributed by atoms with van der Waals surface area (Å²) in [6.07, 6.45) is 5.50. The highest BCUT2D eigenvalue weighted by Gasteiger charge is 1.98. The van der Waals surface area contributed by atoms with Gasteiger partial charge in [0.2, 0.25) is 0 Å². The molecule has 0 radical (unpaired) electrons. The van der Waals surface area contributed by atoms with E-state index in [1.807, 2.05) is 41.1 Å². The van der Waals surface area contributed by atoms with Gasteiger partial charge in [-0.05, 0) is 23.3 Å². The van der Waals surface area contributed by atoms with Crippen molar-refractivity contribution < 1.29 is 4.74 Å². The van der Waals surface area contributed by atoms with E-state index in [1.165, 1.54) is 11.1 Å². The summed E-state index contributed by atoms with van der Waals surface area (Å²) in [6, 6.07) is 18.5. The molecule has 100 valence electrons. The van der Waals surface area contributed by atoms with E-state index in [9.17, 15) is 0 Å². The van der Waals surface area contributed by atoms with Crippen molar-refractivity contribution in [2.24, 2.45) is 0 Å². The van der Waals surface area contributed by atoms with Gasteiger partial charge in [0.1, 0.15) is 12.4 Å². The van der Waals surface area contributed by atoms with Crippen molar-refractivity contribution in [2.45, 2.75) is 6.54 Å². The molecular formula is C17H16N2O. The molecule has 0 aliphatic carbocycles. The van der Waals surface area contributed by atoms with E-state index in [2.05, 4.69) is 29.2 Å². The normalized spacial score (nSPS) is 10.4. The van der Waals surface area contributed by atoms with E-state index in [1.54, 1.807) is 12.5 Å². The lowest BCUT2D eigenvalue weighted by Gasteiger charge is -2.08. The van der Waals surface area contributed by atoms with Crippen LogP contribution < -0.4 is 4.74 Å². The van der Waals surface area contributed by atoms with E-state index in [-0.39, 0.29) is 0 Å². The highest BCUT2D eigenvalue weighted by molar-refractivity contribution is 5.63. The topological polar surface area (TPSA) is 27.1 Å². The first-order valence-electron chi connectivity index (χ1n) is 6.66. The zero-order valence-corrected chi connectivity index (χ0v) is 11.1. The molecule has 0 saturated heterocycles. The summed E-state index contributed by atoms with van der Waals surface area (Å²) in [5.41, 5.74) is 2.42. The second-order valence-corrected chi connectivity index (χ2v) is 4.54. The minimum atomic E-state index is 0.640. The molecule has 0 amide bonds. The molecule has 3 nitrogen and oxygen atoms in total. The fraction of sp³-hybridized carbons (Fsp3) is 0.118. The molecule has 0 atom stereocenters. The van der Waals surface area contributed by atoms with Crippen molar-refractivity contribution >= 4 is 0 Å². The summed E-state index contributed by atoms with van der Waals surface area (Å²) < 4.78 is 7.72. The first-order chi connectivity index (χ1) is 9.92. The largest absolute Gasteiger partial charge is 0.492 e. The Morgan fingerprint density at radius 1 is 0.900 bits per heavy atom. The molecule has 3 aromatic rings. The van der Waals surface area contributed by atoms with Gasteiger partial charge in [-0.1, -0.05) is 42.5 Å². The van der Waals surface area contributed by atoms with Crippen molar-refractivity contribution in [3.05, 3.63) is 73.3 Å². The molecule has 0 fully saturated rings. The molecule has 3 heteroatoms. The molecule has 0 aliphatic rings. The molecule has 3 rings (SSSR count). The Balaban J connectivity index is 1.59. The maximum absolute atomic E-state index is 5.72. The molecule has 0 unspecified atom stereocenters. The lowest BCUT2D eigenvalue weighted by Crippen LogP contribution is -2.06. The van der Waals surface area contributed by atoms with Crippen molar-refractivity contribution in [2.75, 3.05) is 6.61 Å². The Labute approximate surface area is 118 Å². The van der Waals surface area contributed by atoms with Crippen LogP contribution in [0.3, 0.4) is 0 Å². The molecule has 1 heterocycles. The number of hydrogen-bond donors (Lipinski definition) is 0. The summed E-state index contributed by atoms with van der Waals surface area (Å²) in [6.45, 7) is 1.45. The van der Waals surface area contributed by atoms with Crippen LogP contribution >= 0.6 is 0 Å². The first kappa shape index (κ1) is 12.5. The molecule has 2 aromatic carbocycles. The van der Waals surface area contributed by atoms with E-state index < -0.39 is 0 Å². The first-order valence-corrected chi connectivity index (χ1v) is 6.66. The van der Waals surface area contributed by atoms with Gasteiger partial charge in [0.15, 0.2) is 0 Å². The smallest absolute Gasteiger partial charge is 0.119 e. The standard InChI is InChI=1S/C17H16N2O/c1-2-4-15(5-3-1)16-6-8-17(9-7-16)20-13-12-19-11-10-18-14-19/h1-11,14H,12-13H2. The highest BCUT2D eigenvalue weighted by atomic mass is 16.5. The maximum atomic E-state index is 5.72. The summed E-state index contributed by atoms with van der Waals surface area (Å²) in [7, 11) is 0. The Bertz CT molecular complexity index is 631. The average molecular weight is 264 g/mol. The fourth-order valence-corrected chi connectivity index (χ4v) is 2.06.